The first-order chi connectivity index (χ1) is 27.8. The average Bonchev–Trinajstić information content (AvgIpc) is 3.83. The second kappa shape index (κ2) is 13.5. The molecule has 4 nitrogen and oxygen atoms in total. The summed E-state index contributed by atoms with van der Waals surface area (Å²) in [4.78, 5) is 17.1. The minimum absolute atomic E-state index is 0.0264. The molecule has 264 valence electrons. The Kier molecular flexibility index (Phi) is 7.85. The Morgan fingerprint density at radius 3 is 1.62 bits per heavy atom. The van der Waals surface area contributed by atoms with Crippen molar-refractivity contribution in [3.63, 3.8) is 0 Å². The van der Waals surface area contributed by atoms with E-state index < -0.39 is 0 Å². The molecule has 0 spiro atoms. The molecule has 9 aromatic rings. The zero-order valence-corrected chi connectivity index (χ0v) is 31.1. The summed E-state index contributed by atoms with van der Waals surface area (Å²) in [7, 11) is 0. The molecule has 2 aromatic heterocycles. The summed E-state index contributed by atoms with van der Waals surface area (Å²) < 4.78 is 2.35. The maximum absolute atomic E-state index is 5.34. The van der Waals surface area contributed by atoms with Gasteiger partial charge in [0.25, 0.3) is 0 Å². The topological polar surface area (TPSA) is 43.6 Å². The van der Waals surface area contributed by atoms with Crippen molar-refractivity contribution in [1.82, 2.24) is 19.5 Å². The van der Waals surface area contributed by atoms with Gasteiger partial charge in [0, 0.05) is 43.8 Å². The predicted molar refractivity (Wildman–Crippen MR) is 231 cm³/mol. The zero-order valence-electron chi connectivity index (χ0n) is 30.3. The number of nitrogens with zero attached hydrogens (tertiary/aromatic N) is 4. The fourth-order valence-corrected chi connectivity index (χ4v) is 10.1. The van der Waals surface area contributed by atoms with Crippen molar-refractivity contribution >= 4 is 34.3 Å². The maximum Gasteiger partial charge on any atom is 0.238 e. The average molecular weight is 735 g/mol. The number of benzene rings is 7. The second-order valence-corrected chi connectivity index (χ2v) is 15.5. The van der Waals surface area contributed by atoms with E-state index in [0.717, 1.165) is 16.6 Å². The molecule has 7 aromatic carbocycles. The van der Waals surface area contributed by atoms with Crippen LogP contribution in [0.4, 0.5) is 0 Å². The SMILES string of the molecule is C1=C(c2ccccc2)C2Sc3c(-c4ccccc4)cccc3C2c2c1c1cc(-c3ccccc3)ccc1n2-c1nc(-c2ccccc2)nc(-c2ccccc2)n1. The van der Waals surface area contributed by atoms with Crippen LogP contribution in [-0.2, 0) is 0 Å². The van der Waals surface area contributed by atoms with Crippen LogP contribution in [0.2, 0.25) is 0 Å². The molecule has 0 radical (unpaired) electrons. The van der Waals surface area contributed by atoms with Crippen LogP contribution in [0.3, 0.4) is 0 Å². The van der Waals surface area contributed by atoms with Gasteiger partial charge >= 0.3 is 0 Å². The first-order valence-electron chi connectivity index (χ1n) is 19.0. The van der Waals surface area contributed by atoms with Gasteiger partial charge in [0.1, 0.15) is 0 Å². The molecule has 0 saturated heterocycles. The third-order valence-electron chi connectivity index (χ3n) is 11.1. The van der Waals surface area contributed by atoms with E-state index in [-0.39, 0.29) is 11.2 Å². The number of aromatic nitrogens is 4. The van der Waals surface area contributed by atoms with Crippen molar-refractivity contribution in [2.75, 3.05) is 0 Å². The highest BCUT2D eigenvalue weighted by atomic mass is 32.2. The normalized spacial score (nSPS) is 15.5. The number of hydrogen-bond acceptors (Lipinski definition) is 4. The van der Waals surface area contributed by atoms with Crippen LogP contribution in [-0.4, -0.2) is 24.8 Å². The third kappa shape index (κ3) is 5.43. The van der Waals surface area contributed by atoms with E-state index in [0.29, 0.717) is 17.6 Å². The lowest BCUT2D eigenvalue weighted by Crippen LogP contribution is -2.22. The van der Waals surface area contributed by atoms with Crippen molar-refractivity contribution in [1.29, 1.82) is 0 Å². The largest absolute Gasteiger partial charge is 0.281 e. The minimum atomic E-state index is 0.0264. The van der Waals surface area contributed by atoms with Crippen molar-refractivity contribution in [2.24, 2.45) is 0 Å². The zero-order chi connectivity index (χ0) is 37.0. The van der Waals surface area contributed by atoms with E-state index in [9.17, 15) is 0 Å². The Balaban J connectivity index is 1.24. The van der Waals surface area contributed by atoms with Gasteiger partial charge in [0.15, 0.2) is 11.6 Å². The van der Waals surface area contributed by atoms with Gasteiger partial charge in [-0.05, 0) is 57.2 Å². The van der Waals surface area contributed by atoms with Gasteiger partial charge in [0.05, 0.1) is 5.52 Å². The van der Waals surface area contributed by atoms with Crippen LogP contribution < -0.4 is 0 Å². The molecule has 1 aliphatic carbocycles. The van der Waals surface area contributed by atoms with Crippen LogP contribution in [0.1, 0.15) is 28.3 Å². The van der Waals surface area contributed by atoms with E-state index in [1.165, 1.54) is 60.5 Å². The van der Waals surface area contributed by atoms with Gasteiger partial charge in [0.2, 0.25) is 5.95 Å². The molecule has 3 heterocycles. The maximum atomic E-state index is 5.34. The van der Waals surface area contributed by atoms with Gasteiger partial charge < -0.3 is 0 Å². The van der Waals surface area contributed by atoms with Crippen LogP contribution in [0.25, 0.3) is 73.5 Å². The predicted octanol–water partition coefficient (Wildman–Crippen LogP) is 12.6. The molecular formula is C51H34N4S. The van der Waals surface area contributed by atoms with Crippen molar-refractivity contribution in [2.45, 2.75) is 16.1 Å². The molecule has 11 rings (SSSR count). The van der Waals surface area contributed by atoms with Gasteiger partial charge in [-0.1, -0.05) is 176 Å². The summed E-state index contributed by atoms with van der Waals surface area (Å²) >= 11 is 1.99. The lowest BCUT2D eigenvalue weighted by atomic mass is 9.79. The molecule has 0 fully saturated rings. The van der Waals surface area contributed by atoms with Gasteiger partial charge in [-0.15, -0.1) is 11.8 Å². The van der Waals surface area contributed by atoms with E-state index in [1.54, 1.807) is 0 Å². The molecule has 0 saturated carbocycles. The van der Waals surface area contributed by atoms with Crippen LogP contribution in [0.15, 0.2) is 193 Å². The number of hydrogen-bond donors (Lipinski definition) is 0. The molecule has 0 bridgehead atoms. The summed E-state index contributed by atoms with van der Waals surface area (Å²) in [6, 6.07) is 66.6. The summed E-state index contributed by atoms with van der Waals surface area (Å²) in [5.74, 6) is 1.93. The Morgan fingerprint density at radius 1 is 0.464 bits per heavy atom. The summed E-state index contributed by atoms with van der Waals surface area (Å²) in [6.45, 7) is 0. The van der Waals surface area contributed by atoms with Gasteiger partial charge in [-0.2, -0.15) is 9.97 Å². The lowest BCUT2D eigenvalue weighted by Gasteiger charge is -2.29. The summed E-state index contributed by atoms with van der Waals surface area (Å²) in [5, 5.41) is 1.30. The second-order valence-electron chi connectivity index (χ2n) is 14.3. The van der Waals surface area contributed by atoms with E-state index in [4.69, 9.17) is 15.0 Å². The number of thioether (sulfide) groups is 1. The monoisotopic (exact) mass is 734 g/mol. The Morgan fingerprint density at radius 2 is 1.02 bits per heavy atom. The van der Waals surface area contributed by atoms with Crippen LogP contribution >= 0.6 is 11.8 Å². The first-order valence-corrected chi connectivity index (χ1v) is 19.9. The molecular weight excluding hydrogens is 701 g/mol. The van der Waals surface area contributed by atoms with E-state index >= 15 is 0 Å². The standard InChI is InChI=1S/C51H34N4S/c1-6-17-33(18-7-1)38-29-30-44-42(31-38)43-32-41(35-21-10-3-11-22-35)48-45(40-28-16-27-39(47(40)56-48)34-19-8-2-9-20-34)46(43)55(44)51-53-49(36-23-12-4-13-24-36)52-50(54-51)37-25-14-5-15-26-37/h1-32,45,48H. The molecule has 0 amide bonds. The molecule has 2 atom stereocenters. The number of fused-ring (bicyclic) bond motifs is 7. The van der Waals surface area contributed by atoms with Crippen molar-refractivity contribution < 1.29 is 0 Å². The van der Waals surface area contributed by atoms with Crippen LogP contribution in [0.5, 0.6) is 0 Å². The molecule has 1 aliphatic heterocycles. The summed E-state index contributed by atoms with van der Waals surface area (Å²) in [5.41, 5.74) is 14.1. The Bertz CT molecular complexity index is 2870. The first kappa shape index (κ1) is 32.6. The highest BCUT2D eigenvalue weighted by Crippen LogP contribution is 2.60. The molecule has 5 heteroatoms. The highest BCUT2D eigenvalue weighted by Gasteiger charge is 2.45. The smallest absolute Gasteiger partial charge is 0.238 e. The van der Waals surface area contributed by atoms with Crippen molar-refractivity contribution in [3.05, 3.63) is 210 Å². The lowest BCUT2D eigenvalue weighted by molar-refractivity contribution is 0.769. The van der Waals surface area contributed by atoms with Crippen LogP contribution in [0, 0.1) is 0 Å². The van der Waals surface area contributed by atoms with Gasteiger partial charge in [-0.25, -0.2) is 4.98 Å². The fourth-order valence-electron chi connectivity index (χ4n) is 8.50. The molecule has 0 N–H and O–H groups in total. The molecule has 56 heavy (non-hydrogen) atoms. The van der Waals surface area contributed by atoms with Crippen molar-refractivity contribution in [3.8, 4) is 51.0 Å². The van der Waals surface area contributed by atoms with E-state index in [2.05, 4.69) is 162 Å². The number of rotatable bonds is 6. The summed E-state index contributed by atoms with van der Waals surface area (Å²) in [6.07, 6.45) is 2.46. The van der Waals surface area contributed by atoms with E-state index in [1.807, 2.05) is 48.2 Å². The molecule has 2 unspecified atom stereocenters. The highest BCUT2D eigenvalue weighted by molar-refractivity contribution is 8.01. The fraction of sp³-hybridized carbons (Fsp3) is 0.0392. The quantitative estimate of drug-likeness (QED) is 0.171. The minimum Gasteiger partial charge on any atom is -0.281 e. The third-order valence-corrected chi connectivity index (χ3v) is 12.5. The van der Waals surface area contributed by atoms with Gasteiger partial charge in [-0.3, -0.25) is 4.57 Å². The Labute approximate surface area is 329 Å². The Hall–Kier alpha value is -6.82. The molecule has 2 aliphatic rings.